The third-order valence-electron chi connectivity index (χ3n) is 2.33. The lowest BCUT2D eigenvalue weighted by Gasteiger charge is -2.14. The monoisotopic (exact) mass is 211 g/mol. The van der Waals surface area contributed by atoms with Gasteiger partial charge in [-0.15, -0.1) is 19.0 Å². The van der Waals surface area contributed by atoms with Gasteiger partial charge in [0.15, 0.2) is 0 Å². The van der Waals surface area contributed by atoms with Gasteiger partial charge in [-0.1, -0.05) is 23.8 Å². The molecule has 0 aliphatic heterocycles. The molecule has 1 aromatic rings. The van der Waals surface area contributed by atoms with E-state index in [-0.39, 0.29) is 18.4 Å². The SMILES string of the molecule is C=C[C@@H](N)c1c(C)cc(C)cc1C.Cl. The first kappa shape index (κ1) is 13.2. The molecule has 2 heteroatoms. The Morgan fingerprint density at radius 3 is 2.00 bits per heavy atom. The molecular formula is C12H18ClN. The molecule has 1 rings (SSSR count). The number of hydrogen-bond acceptors (Lipinski definition) is 1. The Kier molecular flexibility index (Phi) is 4.89. The molecule has 78 valence electrons. The van der Waals surface area contributed by atoms with E-state index < -0.39 is 0 Å². The van der Waals surface area contributed by atoms with Crippen LogP contribution in [-0.4, -0.2) is 0 Å². The number of aryl methyl sites for hydroxylation is 3. The number of benzene rings is 1. The minimum atomic E-state index is -0.0411. The second-order valence-electron chi connectivity index (χ2n) is 3.57. The van der Waals surface area contributed by atoms with Crippen molar-refractivity contribution < 1.29 is 0 Å². The standard InChI is InChI=1S/C12H17N.ClH/c1-5-11(13)12-9(3)6-8(2)7-10(12)4;/h5-7,11H,1,13H2,2-4H3;1H/t11-;/m1./s1. The zero-order valence-corrected chi connectivity index (χ0v) is 9.82. The molecule has 0 fully saturated rings. The summed E-state index contributed by atoms with van der Waals surface area (Å²) >= 11 is 0. The molecule has 0 bridgehead atoms. The first-order chi connectivity index (χ1) is 6.06. The third-order valence-corrected chi connectivity index (χ3v) is 2.33. The zero-order valence-electron chi connectivity index (χ0n) is 9.00. The van der Waals surface area contributed by atoms with Gasteiger partial charge in [0.25, 0.3) is 0 Å². The fourth-order valence-corrected chi connectivity index (χ4v) is 1.83. The summed E-state index contributed by atoms with van der Waals surface area (Å²) in [6.45, 7) is 10.0. The largest absolute Gasteiger partial charge is 0.321 e. The van der Waals surface area contributed by atoms with Crippen LogP contribution in [0.25, 0.3) is 0 Å². The topological polar surface area (TPSA) is 26.0 Å². The molecule has 1 atom stereocenters. The fraction of sp³-hybridized carbons (Fsp3) is 0.333. The Hall–Kier alpha value is -0.790. The smallest absolute Gasteiger partial charge is 0.0483 e. The van der Waals surface area contributed by atoms with Crippen LogP contribution in [-0.2, 0) is 0 Å². The van der Waals surface area contributed by atoms with Crippen molar-refractivity contribution in [3.63, 3.8) is 0 Å². The molecule has 2 N–H and O–H groups in total. The van der Waals surface area contributed by atoms with E-state index in [1.165, 1.54) is 22.3 Å². The average molecular weight is 212 g/mol. The van der Waals surface area contributed by atoms with Gasteiger partial charge in [-0.25, -0.2) is 0 Å². The van der Waals surface area contributed by atoms with E-state index in [1.807, 2.05) is 0 Å². The Labute approximate surface area is 92.4 Å². The zero-order chi connectivity index (χ0) is 10.0. The summed E-state index contributed by atoms with van der Waals surface area (Å²) in [5.74, 6) is 0. The maximum Gasteiger partial charge on any atom is 0.0483 e. The molecule has 1 aromatic carbocycles. The highest BCUT2D eigenvalue weighted by Crippen LogP contribution is 2.22. The van der Waals surface area contributed by atoms with Gasteiger partial charge in [-0.05, 0) is 37.5 Å². The maximum absolute atomic E-state index is 5.93. The average Bonchev–Trinajstić information content (AvgIpc) is 2.02. The molecule has 0 saturated carbocycles. The van der Waals surface area contributed by atoms with Crippen LogP contribution in [0, 0.1) is 20.8 Å². The van der Waals surface area contributed by atoms with Gasteiger partial charge in [-0.2, -0.15) is 0 Å². The number of halogens is 1. The van der Waals surface area contributed by atoms with Gasteiger partial charge in [-0.3, -0.25) is 0 Å². The molecule has 0 spiro atoms. The molecule has 0 heterocycles. The van der Waals surface area contributed by atoms with Crippen LogP contribution in [0.2, 0.25) is 0 Å². The first-order valence-corrected chi connectivity index (χ1v) is 4.52. The number of hydrogen-bond donors (Lipinski definition) is 1. The quantitative estimate of drug-likeness (QED) is 0.747. The summed E-state index contributed by atoms with van der Waals surface area (Å²) in [4.78, 5) is 0. The van der Waals surface area contributed by atoms with Crippen molar-refractivity contribution >= 4 is 12.4 Å². The van der Waals surface area contributed by atoms with Crippen molar-refractivity contribution in [2.24, 2.45) is 5.73 Å². The van der Waals surface area contributed by atoms with Crippen molar-refractivity contribution in [3.8, 4) is 0 Å². The molecular weight excluding hydrogens is 194 g/mol. The molecule has 0 unspecified atom stereocenters. The lowest BCUT2D eigenvalue weighted by atomic mass is 9.94. The van der Waals surface area contributed by atoms with Gasteiger partial charge in [0, 0.05) is 6.04 Å². The molecule has 0 aliphatic rings. The van der Waals surface area contributed by atoms with Crippen LogP contribution in [0.15, 0.2) is 24.8 Å². The summed E-state index contributed by atoms with van der Waals surface area (Å²) in [6, 6.07) is 4.28. The van der Waals surface area contributed by atoms with E-state index >= 15 is 0 Å². The molecule has 1 nitrogen and oxygen atoms in total. The van der Waals surface area contributed by atoms with E-state index in [0.29, 0.717) is 0 Å². The second-order valence-corrected chi connectivity index (χ2v) is 3.57. The molecule has 0 saturated heterocycles. The minimum absolute atomic E-state index is 0. The van der Waals surface area contributed by atoms with Gasteiger partial charge < -0.3 is 5.73 Å². The van der Waals surface area contributed by atoms with E-state index in [4.69, 9.17) is 5.73 Å². The molecule has 0 radical (unpaired) electrons. The lowest BCUT2D eigenvalue weighted by Crippen LogP contribution is -2.10. The summed E-state index contributed by atoms with van der Waals surface area (Å²) in [6.07, 6.45) is 1.78. The Bertz CT molecular complexity index is 308. The van der Waals surface area contributed by atoms with Crippen LogP contribution in [0.5, 0.6) is 0 Å². The predicted molar refractivity (Wildman–Crippen MR) is 65.0 cm³/mol. The van der Waals surface area contributed by atoms with Crippen LogP contribution < -0.4 is 5.73 Å². The normalized spacial score (nSPS) is 11.7. The van der Waals surface area contributed by atoms with Crippen LogP contribution >= 0.6 is 12.4 Å². The summed E-state index contributed by atoms with van der Waals surface area (Å²) in [7, 11) is 0. The fourth-order valence-electron chi connectivity index (χ4n) is 1.83. The third kappa shape index (κ3) is 2.60. The van der Waals surface area contributed by atoms with E-state index in [0.717, 1.165) is 0 Å². The Balaban J connectivity index is 0.00000169. The highest BCUT2D eigenvalue weighted by atomic mass is 35.5. The van der Waals surface area contributed by atoms with Crippen molar-refractivity contribution in [2.75, 3.05) is 0 Å². The highest BCUT2D eigenvalue weighted by molar-refractivity contribution is 5.85. The van der Waals surface area contributed by atoms with E-state index in [2.05, 4.69) is 39.5 Å². The van der Waals surface area contributed by atoms with Crippen molar-refractivity contribution in [1.29, 1.82) is 0 Å². The van der Waals surface area contributed by atoms with E-state index in [1.54, 1.807) is 6.08 Å². The molecule has 0 amide bonds. The molecule has 0 aromatic heterocycles. The van der Waals surface area contributed by atoms with Crippen molar-refractivity contribution in [2.45, 2.75) is 26.8 Å². The summed E-state index contributed by atoms with van der Waals surface area (Å²) in [5, 5.41) is 0. The van der Waals surface area contributed by atoms with Gasteiger partial charge in [0.1, 0.15) is 0 Å². The van der Waals surface area contributed by atoms with Gasteiger partial charge in [0.05, 0.1) is 0 Å². The highest BCUT2D eigenvalue weighted by Gasteiger charge is 2.08. The first-order valence-electron chi connectivity index (χ1n) is 4.52. The molecule has 0 aliphatic carbocycles. The summed E-state index contributed by atoms with van der Waals surface area (Å²) < 4.78 is 0. The number of rotatable bonds is 2. The minimum Gasteiger partial charge on any atom is -0.321 e. The summed E-state index contributed by atoms with van der Waals surface area (Å²) in [5.41, 5.74) is 10.9. The van der Waals surface area contributed by atoms with Gasteiger partial charge in [0.2, 0.25) is 0 Å². The van der Waals surface area contributed by atoms with E-state index in [9.17, 15) is 0 Å². The molecule has 14 heavy (non-hydrogen) atoms. The lowest BCUT2D eigenvalue weighted by molar-refractivity contribution is 0.888. The number of nitrogens with two attached hydrogens (primary N) is 1. The van der Waals surface area contributed by atoms with Crippen molar-refractivity contribution in [3.05, 3.63) is 47.0 Å². The predicted octanol–water partition coefficient (Wildman–Crippen LogP) is 3.22. The van der Waals surface area contributed by atoms with Crippen LogP contribution in [0.1, 0.15) is 28.3 Å². The Morgan fingerprint density at radius 1 is 1.21 bits per heavy atom. The Morgan fingerprint density at radius 2 is 1.64 bits per heavy atom. The van der Waals surface area contributed by atoms with Gasteiger partial charge >= 0.3 is 0 Å². The maximum atomic E-state index is 5.93. The second kappa shape index (κ2) is 5.18. The van der Waals surface area contributed by atoms with Crippen LogP contribution in [0.3, 0.4) is 0 Å². The van der Waals surface area contributed by atoms with Crippen LogP contribution in [0.4, 0.5) is 0 Å². The van der Waals surface area contributed by atoms with Crippen molar-refractivity contribution in [1.82, 2.24) is 0 Å².